The molecule has 0 saturated carbocycles. The van der Waals surface area contributed by atoms with Crippen LogP contribution in [0, 0.1) is 0 Å². The van der Waals surface area contributed by atoms with Crippen molar-refractivity contribution in [1.82, 2.24) is 10.2 Å². The number of hydrogen-bond donors (Lipinski definition) is 1. The van der Waals surface area contributed by atoms with E-state index in [1.54, 1.807) is 4.90 Å². The van der Waals surface area contributed by atoms with E-state index in [9.17, 15) is 9.59 Å². The van der Waals surface area contributed by atoms with Gasteiger partial charge in [0.2, 0.25) is 11.8 Å². The molecule has 5 heteroatoms. The summed E-state index contributed by atoms with van der Waals surface area (Å²) in [6.45, 7) is 3.05. The number of nitrogens with one attached hydrogen (secondary N) is 1. The van der Waals surface area contributed by atoms with Gasteiger partial charge in [0.15, 0.2) is 0 Å². The van der Waals surface area contributed by atoms with Crippen LogP contribution in [-0.2, 0) is 22.6 Å². The Morgan fingerprint density at radius 1 is 1.20 bits per heavy atom. The topological polar surface area (TPSA) is 49.4 Å². The third-order valence-corrected chi connectivity index (χ3v) is 4.94. The highest BCUT2D eigenvalue weighted by molar-refractivity contribution is 9.10. The molecular formula is C20H21BrN2O2. The van der Waals surface area contributed by atoms with Crippen molar-refractivity contribution in [2.75, 3.05) is 6.54 Å². The molecule has 0 spiro atoms. The Labute approximate surface area is 156 Å². The molecule has 0 unspecified atom stereocenters. The zero-order valence-corrected chi connectivity index (χ0v) is 15.8. The van der Waals surface area contributed by atoms with Crippen LogP contribution in [0.15, 0.2) is 53.0 Å². The molecule has 0 aromatic heterocycles. The molecule has 1 aliphatic rings. The van der Waals surface area contributed by atoms with Crippen LogP contribution >= 0.6 is 15.9 Å². The molecule has 0 fully saturated rings. The Hall–Kier alpha value is -2.14. The average Bonchev–Trinajstić information content (AvgIpc) is 2.62. The van der Waals surface area contributed by atoms with Crippen molar-refractivity contribution >= 4 is 27.7 Å². The van der Waals surface area contributed by atoms with Gasteiger partial charge in [0, 0.05) is 17.6 Å². The Kier molecular flexibility index (Phi) is 5.53. The lowest BCUT2D eigenvalue weighted by Gasteiger charge is -2.36. The van der Waals surface area contributed by atoms with Crippen molar-refractivity contribution in [2.45, 2.75) is 32.4 Å². The van der Waals surface area contributed by atoms with Gasteiger partial charge in [-0.05, 0) is 35.2 Å². The summed E-state index contributed by atoms with van der Waals surface area (Å²) in [5.41, 5.74) is 2.90. The summed E-state index contributed by atoms with van der Waals surface area (Å²) in [6.07, 6.45) is 1.19. The van der Waals surface area contributed by atoms with Crippen molar-refractivity contribution < 1.29 is 9.59 Å². The number of benzene rings is 2. The second-order valence-electron chi connectivity index (χ2n) is 6.21. The van der Waals surface area contributed by atoms with Crippen LogP contribution in [0.4, 0.5) is 0 Å². The van der Waals surface area contributed by atoms with Gasteiger partial charge in [0.25, 0.3) is 0 Å². The second-order valence-corrected chi connectivity index (χ2v) is 7.13. The zero-order valence-electron chi connectivity index (χ0n) is 14.2. The maximum Gasteiger partial charge on any atom is 0.247 e. The zero-order chi connectivity index (χ0) is 17.8. The molecule has 4 nitrogen and oxygen atoms in total. The number of rotatable bonds is 5. The van der Waals surface area contributed by atoms with E-state index in [1.807, 2.05) is 55.5 Å². The van der Waals surface area contributed by atoms with Crippen LogP contribution in [0.3, 0.4) is 0 Å². The quantitative estimate of drug-likeness (QED) is 0.833. The molecule has 3 rings (SSSR count). The van der Waals surface area contributed by atoms with E-state index in [2.05, 4.69) is 21.2 Å². The van der Waals surface area contributed by atoms with E-state index in [0.29, 0.717) is 19.5 Å². The monoisotopic (exact) mass is 400 g/mol. The van der Waals surface area contributed by atoms with Crippen LogP contribution in [-0.4, -0.2) is 23.3 Å². The van der Waals surface area contributed by atoms with Crippen molar-refractivity contribution in [3.63, 3.8) is 0 Å². The largest absolute Gasteiger partial charge is 0.350 e. The lowest BCUT2D eigenvalue weighted by Crippen LogP contribution is -2.47. The molecule has 2 aromatic rings. The number of carbonyl (C=O) groups excluding carboxylic acids is 2. The SMILES string of the molecule is CCCN1C(=O)Cc2ccccc2[C@@H]1C(=O)NCc1ccc(Br)cc1. The molecule has 1 N–H and O–H groups in total. The minimum Gasteiger partial charge on any atom is -0.350 e. The van der Waals surface area contributed by atoms with E-state index in [0.717, 1.165) is 27.6 Å². The predicted octanol–water partition coefficient (Wildman–Crippen LogP) is 3.60. The molecule has 1 aliphatic heterocycles. The standard InChI is InChI=1S/C20H21BrN2O2/c1-2-11-23-18(24)12-15-5-3-4-6-17(15)19(23)20(25)22-13-14-7-9-16(21)10-8-14/h3-10,19H,2,11-13H2,1H3,(H,22,25)/t19-/m1/s1. The molecule has 130 valence electrons. The summed E-state index contributed by atoms with van der Waals surface area (Å²) in [4.78, 5) is 27.1. The maximum atomic E-state index is 12.9. The summed E-state index contributed by atoms with van der Waals surface area (Å²) in [6, 6.07) is 15.0. The number of nitrogens with zero attached hydrogens (tertiary/aromatic N) is 1. The first-order chi connectivity index (χ1) is 12.1. The first-order valence-corrected chi connectivity index (χ1v) is 9.29. The van der Waals surface area contributed by atoms with Gasteiger partial charge >= 0.3 is 0 Å². The molecule has 2 amide bonds. The summed E-state index contributed by atoms with van der Waals surface area (Å²) >= 11 is 3.41. The number of amides is 2. The van der Waals surface area contributed by atoms with Crippen molar-refractivity contribution in [3.8, 4) is 0 Å². The molecule has 2 aromatic carbocycles. The molecule has 0 saturated heterocycles. The molecule has 0 radical (unpaired) electrons. The third kappa shape index (κ3) is 3.93. The Balaban J connectivity index is 1.82. The average molecular weight is 401 g/mol. The number of hydrogen-bond acceptors (Lipinski definition) is 2. The first-order valence-electron chi connectivity index (χ1n) is 8.49. The molecule has 1 heterocycles. The fourth-order valence-corrected chi connectivity index (χ4v) is 3.47. The lowest BCUT2D eigenvalue weighted by molar-refractivity contribution is -0.141. The first kappa shape index (κ1) is 17.7. The highest BCUT2D eigenvalue weighted by atomic mass is 79.9. The lowest BCUT2D eigenvalue weighted by atomic mass is 9.91. The maximum absolute atomic E-state index is 12.9. The smallest absolute Gasteiger partial charge is 0.247 e. The summed E-state index contributed by atoms with van der Waals surface area (Å²) in [7, 11) is 0. The molecular weight excluding hydrogens is 380 g/mol. The van der Waals surface area contributed by atoms with Gasteiger partial charge < -0.3 is 10.2 Å². The third-order valence-electron chi connectivity index (χ3n) is 4.42. The van der Waals surface area contributed by atoms with Gasteiger partial charge in [0.1, 0.15) is 6.04 Å². The molecule has 1 atom stereocenters. The number of fused-ring (bicyclic) bond motifs is 1. The van der Waals surface area contributed by atoms with Gasteiger partial charge in [-0.1, -0.05) is 59.3 Å². The second kappa shape index (κ2) is 7.83. The van der Waals surface area contributed by atoms with Crippen LogP contribution < -0.4 is 5.32 Å². The van der Waals surface area contributed by atoms with Crippen LogP contribution in [0.25, 0.3) is 0 Å². The highest BCUT2D eigenvalue weighted by Crippen LogP contribution is 2.30. The highest BCUT2D eigenvalue weighted by Gasteiger charge is 2.36. The van der Waals surface area contributed by atoms with Gasteiger partial charge in [0.05, 0.1) is 6.42 Å². The van der Waals surface area contributed by atoms with Gasteiger partial charge in [-0.3, -0.25) is 9.59 Å². The van der Waals surface area contributed by atoms with Gasteiger partial charge in [-0.2, -0.15) is 0 Å². The molecule has 0 aliphatic carbocycles. The summed E-state index contributed by atoms with van der Waals surface area (Å²) in [5.74, 6) is -0.110. The molecule has 0 bridgehead atoms. The molecule has 25 heavy (non-hydrogen) atoms. The normalized spacial score (nSPS) is 16.5. The van der Waals surface area contributed by atoms with Crippen LogP contribution in [0.1, 0.15) is 36.1 Å². The number of halogens is 1. The minimum atomic E-state index is -0.548. The van der Waals surface area contributed by atoms with Crippen LogP contribution in [0.5, 0.6) is 0 Å². The van der Waals surface area contributed by atoms with E-state index >= 15 is 0 Å². The summed E-state index contributed by atoms with van der Waals surface area (Å²) in [5, 5.41) is 2.99. The van der Waals surface area contributed by atoms with Gasteiger partial charge in [-0.15, -0.1) is 0 Å². The van der Waals surface area contributed by atoms with Crippen molar-refractivity contribution in [2.24, 2.45) is 0 Å². The summed E-state index contributed by atoms with van der Waals surface area (Å²) < 4.78 is 1.00. The minimum absolute atomic E-state index is 0.0179. The van der Waals surface area contributed by atoms with Crippen LogP contribution in [0.2, 0.25) is 0 Å². The van der Waals surface area contributed by atoms with Crippen molar-refractivity contribution in [1.29, 1.82) is 0 Å². The Morgan fingerprint density at radius 3 is 2.64 bits per heavy atom. The number of carbonyl (C=O) groups is 2. The fourth-order valence-electron chi connectivity index (χ4n) is 3.20. The van der Waals surface area contributed by atoms with E-state index < -0.39 is 6.04 Å². The van der Waals surface area contributed by atoms with E-state index in [4.69, 9.17) is 0 Å². The Morgan fingerprint density at radius 2 is 1.92 bits per heavy atom. The van der Waals surface area contributed by atoms with Gasteiger partial charge in [-0.25, -0.2) is 0 Å². The Bertz CT molecular complexity index is 774. The predicted molar refractivity (Wildman–Crippen MR) is 101 cm³/mol. The van der Waals surface area contributed by atoms with E-state index in [1.165, 1.54) is 0 Å². The van der Waals surface area contributed by atoms with E-state index in [-0.39, 0.29) is 11.8 Å². The van der Waals surface area contributed by atoms with Crippen molar-refractivity contribution in [3.05, 3.63) is 69.7 Å². The fraction of sp³-hybridized carbons (Fsp3) is 0.300.